The zero-order valence-corrected chi connectivity index (χ0v) is 8.73. The van der Waals surface area contributed by atoms with Crippen molar-refractivity contribution in [2.75, 3.05) is 6.61 Å². The molecule has 0 radical (unpaired) electrons. The summed E-state index contributed by atoms with van der Waals surface area (Å²) in [7, 11) is 0. The Bertz CT molecular complexity index is 436. The minimum atomic E-state index is -0.178. The molecule has 2 rings (SSSR count). The van der Waals surface area contributed by atoms with E-state index in [1.165, 1.54) is 6.07 Å². The first-order chi connectivity index (χ1) is 6.79. The van der Waals surface area contributed by atoms with Gasteiger partial charge in [-0.2, -0.15) is 0 Å². The molecular weight excluding hydrogens is 199 g/mol. The van der Waals surface area contributed by atoms with Crippen LogP contribution in [-0.4, -0.2) is 6.61 Å². The quantitative estimate of drug-likeness (QED) is 0.752. The van der Waals surface area contributed by atoms with Crippen LogP contribution >= 0.6 is 11.3 Å². The molecule has 0 N–H and O–H groups in total. The van der Waals surface area contributed by atoms with E-state index in [9.17, 15) is 4.39 Å². The average molecular weight is 210 g/mol. The maximum absolute atomic E-state index is 12.9. The van der Waals surface area contributed by atoms with Crippen LogP contribution in [0.1, 0.15) is 11.8 Å². The molecule has 1 nitrogen and oxygen atoms in total. The van der Waals surface area contributed by atoms with Crippen LogP contribution in [0.5, 0.6) is 0 Å². The van der Waals surface area contributed by atoms with E-state index in [0.29, 0.717) is 13.2 Å². The molecule has 2 aromatic rings. The van der Waals surface area contributed by atoms with Crippen molar-refractivity contribution in [2.45, 2.75) is 13.5 Å². The monoisotopic (exact) mass is 210 g/mol. The van der Waals surface area contributed by atoms with E-state index < -0.39 is 0 Å². The number of hydrogen-bond donors (Lipinski definition) is 0. The zero-order valence-electron chi connectivity index (χ0n) is 7.92. The molecule has 0 saturated heterocycles. The van der Waals surface area contributed by atoms with Gasteiger partial charge >= 0.3 is 0 Å². The van der Waals surface area contributed by atoms with Crippen molar-refractivity contribution in [3.8, 4) is 0 Å². The van der Waals surface area contributed by atoms with Gasteiger partial charge in [0, 0.05) is 16.2 Å². The summed E-state index contributed by atoms with van der Waals surface area (Å²) >= 11 is 1.59. The number of hydrogen-bond acceptors (Lipinski definition) is 2. The Morgan fingerprint density at radius 3 is 3.00 bits per heavy atom. The van der Waals surface area contributed by atoms with Crippen LogP contribution in [0.15, 0.2) is 24.3 Å². The molecule has 0 bridgehead atoms. The van der Waals surface area contributed by atoms with E-state index in [4.69, 9.17) is 4.74 Å². The van der Waals surface area contributed by atoms with Gasteiger partial charge in [0.25, 0.3) is 0 Å². The van der Waals surface area contributed by atoms with Crippen LogP contribution in [-0.2, 0) is 11.3 Å². The Kier molecular flexibility index (Phi) is 2.79. The van der Waals surface area contributed by atoms with Crippen molar-refractivity contribution >= 4 is 21.4 Å². The van der Waals surface area contributed by atoms with Gasteiger partial charge in [0.1, 0.15) is 5.82 Å². The first-order valence-electron chi connectivity index (χ1n) is 4.55. The lowest BCUT2D eigenvalue weighted by molar-refractivity contribution is 0.136. The van der Waals surface area contributed by atoms with Crippen LogP contribution in [0.25, 0.3) is 10.1 Å². The molecule has 1 aromatic heterocycles. The molecule has 0 atom stereocenters. The first kappa shape index (κ1) is 9.62. The van der Waals surface area contributed by atoms with E-state index in [0.717, 1.165) is 15.0 Å². The number of halogens is 1. The third-order valence-corrected chi connectivity index (χ3v) is 3.05. The zero-order chi connectivity index (χ0) is 9.97. The van der Waals surface area contributed by atoms with Crippen LogP contribution < -0.4 is 0 Å². The van der Waals surface area contributed by atoms with E-state index in [1.807, 2.05) is 6.92 Å². The van der Waals surface area contributed by atoms with Gasteiger partial charge in [-0.1, -0.05) is 6.07 Å². The largest absolute Gasteiger partial charge is 0.376 e. The smallest absolute Gasteiger partial charge is 0.124 e. The Morgan fingerprint density at radius 2 is 2.21 bits per heavy atom. The van der Waals surface area contributed by atoms with Gasteiger partial charge in [-0.25, -0.2) is 4.39 Å². The second kappa shape index (κ2) is 4.07. The Hall–Kier alpha value is -0.930. The van der Waals surface area contributed by atoms with Gasteiger partial charge in [-0.3, -0.25) is 0 Å². The molecule has 0 amide bonds. The summed E-state index contributed by atoms with van der Waals surface area (Å²) in [6.07, 6.45) is 0. The standard InChI is InChI=1S/C11H11FOS/c1-2-13-7-10-5-8-3-4-9(12)6-11(8)14-10/h3-6H,2,7H2,1H3. The third-order valence-electron chi connectivity index (χ3n) is 1.98. The Labute approximate surface area is 86.1 Å². The van der Waals surface area contributed by atoms with Crippen LogP contribution in [0.3, 0.4) is 0 Å². The molecule has 14 heavy (non-hydrogen) atoms. The van der Waals surface area contributed by atoms with Crippen molar-refractivity contribution in [3.63, 3.8) is 0 Å². The summed E-state index contributed by atoms with van der Waals surface area (Å²) in [5.74, 6) is -0.178. The molecule has 0 fully saturated rings. The third kappa shape index (κ3) is 1.94. The van der Waals surface area contributed by atoms with Gasteiger partial charge in [0.2, 0.25) is 0 Å². The Balaban J connectivity index is 2.32. The summed E-state index contributed by atoms with van der Waals surface area (Å²) < 4.78 is 19.2. The van der Waals surface area contributed by atoms with Gasteiger partial charge in [-0.15, -0.1) is 11.3 Å². The lowest BCUT2D eigenvalue weighted by atomic mass is 10.2. The summed E-state index contributed by atoms with van der Waals surface area (Å²) in [5.41, 5.74) is 0. The predicted octanol–water partition coefficient (Wildman–Crippen LogP) is 3.58. The summed E-state index contributed by atoms with van der Waals surface area (Å²) in [6, 6.07) is 6.90. The van der Waals surface area contributed by atoms with Crippen LogP contribution in [0.2, 0.25) is 0 Å². The Morgan fingerprint density at radius 1 is 1.36 bits per heavy atom. The highest BCUT2D eigenvalue weighted by molar-refractivity contribution is 7.19. The van der Waals surface area contributed by atoms with E-state index >= 15 is 0 Å². The fraction of sp³-hybridized carbons (Fsp3) is 0.273. The van der Waals surface area contributed by atoms with Crippen molar-refractivity contribution < 1.29 is 9.13 Å². The van der Waals surface area contributed by atoms with Crippen molar-refractivity contribution in [2.24, 2.45) is 0 Å². The van der Waals surface area contributed by atoms with Crippen LogP contribution in [0.4, 0.5) is 4.39 Å². The van der Waals surface area contributed by atoms with Gasteiger partial charge in [0.05, 0.1) is 6.61 Å². The fourth-order valence-corrected chi connectivity index (χ4v) is 2.36. The van der Waals surface area contributed by atoms with Gasteiger partial charge in [0.15, 0.2) is 0 Å². The first-order valence-corrected chi connectivity index (χ1v) is 5.37. The maximum atomic E-state index is 12.9. The van der Waals surface area contributed by atoms with E-state index in [2.05, 4.69) is 6.07 Å². The molecule has 0 aliphatic heterocycles. The molecule has 0 spiro atoms. The second-order valence-electron chi connectivity index (χ2n) is 3.03. The van der Waals surface area contributed by atoms with E-state index in [1.54, 1.807) is 23.5 Å². The number of fused-ring (bicyclic) bond motifs is 1. The van der Waals surface area contributed by atoms with Crippen molar-refractivity contribution in [1.82, 2.24) is 0 Å². The molecule has 0 saturated carbocycles. The molecule has 1 heterocycles. The SMILES string of the molecule is CCOCc1cc2ccc(F)cc2s1. The molecular formula is C11H11FOS. The lowest BCUT2D eigenvalue weighted by Gasteiger charge is -1.94. The minimum Gasteiger partial charge on any atom is -0.376 e. The molecule has 0 aliphatic carbocycles. The molecule has 0 unspecified atom stereocenters. The molecule has 3 heteroatoms. The molecule has 0 aliphatic rings. The number of thiophene rings is 1. The number of benzene rings is 1. The fourth-order valence-electron chi connectivity index (χ4n) is 1.33. The minimum absolute atomic E-state index is 0.178. The highest BCUT2D eigenvalue weighted by Crippen LogP contribution is 2.26. The average Bonchev–Trinajstić information content (AvgIpc) is 2.56. The topological polar surface area (TPSA) is 9.23 Å². The highest BCUT2D eigenvalue weighted by atomic mass is 32.1. The maximum Gasteiger partial charge on any atom is 0.124 e. The highest BCUT2D eigenvalue weighted by Gasteiger charge is 2.02. The van der Waals surface area contributed by atoms with Crippen molar-refractivity contribution in [3.05, 3.63) is 35.0 Å². The van der Waals surface area contributed by atoms with Crippen LogP contribution in [0, 0.1) is 5.82 Å². The summed E-state index contributed by atoms with van der Waals surface area (Å²) in [5, 5.41) is 1.09. The predicted molar refractivity (Wildman–Crippen MR) is 57.1 cm³/mol. The number of rotatable bonds is 3. The van der Waals surface area contributed by atoms with Gasteiger partial charge < -0.3 is 4.74 Å². The molecule has 1 aromatic carbocycles. The second-order valence-corrected chi connectivity index (χ2v) is 4.20. The molecule has 74 valence electrons. The number of ether oxygens (including phenoxy) is 1. The van der Waals surface area contributed by atoms with Gasteiger partial charge in [-0.05, 0) is 30.5 Å². The van der Waals surface area contributed by atoms with E-state index in [-0.39, 0.29) is 5.82 Å². The normalized spacial score (nSPS) is 11.0. The summed E-state index contributed by atoms with van der Waals surface area (Å²) in [6.45, 7) is 3.30. The summed E-state index contributed by atoms with van der Waals surface area (Å²) in [4.78, 5) is 1.15. The lowest BCUT2D eigenvalue weighted by Crippen LogP contribution is -1.87. The van der Waals surface area contributed by atoms with Crippen molar-refractivity contribution in [1.29, 1.82) is 0 Å².